The molecule has 0 saturated carbocycles. The van der Waals surface area contributed by atoms with Crippen molar-refractivity contribution in [2.24, 2.45) is 0 Å². The van der Waals surface area contributed by atoms with Crippen molar-refractivity contribution in [1.82, 2.24) is 5.32 Å². The zero-order chi connectivity index (χ0) is 13.1. The van der Waals surface area contributed by atoms with Gasteiger partial charge in [0, 0.05) is 5.69 Å². The van der Waals surface area contributed by atoms with Crippen molar-refractivity contribution in [2.75, 3.05) is 18.9 Å². The summed E-state index contributed by atoms with van der Waals surface area (Å²) in [5.41, 5.74) is -0.538. The summed E-state index contributed by atoms with van der Waals surface area (Å²) in [5.74, 6) is -0.380. The van der Waals surface area contributed by atoms with Crippen molar-refractivity contribution in [1.29, 1.82) is 0 Å². The average molecular weight is 246 g/mol. The molecule has 0 radical (unpaired) electrons. The first kappa shape index (κ1) is 13.5. The number of hydrogen-bond donors (Lipinski definition) is 2. The number of halogens is 3. The van der Waals surface area contributed by atoms with E-state index in [2.05, 4.69) is 10.6 Å². The number of carbonyl (C=O) groups is 1. The fourth-order valence-electron chi connectivity index (χ4n) is 1.43. The lowest BCUT2D eigenvalue weighted by molar-refractivity contribution is -0.138. The Bertz CT molecular complexity index is 416. The molecule has 1 rings (SSSR count). The van der Waals surface area contributed by atoms with Crippen LogP contribution in [0.25, 0.3) is 0 Å². The Balaban J connectivity index is 2.99. The number of nitrogens with one attached hydrogen (secondary N) is 2. The molecule has 2 N–H and O–H groups in total. The molecule has 17 heavy (non-hydrogen) atoms. The zero-order valence-corrected chi connectivity index (χ0v) is 9.48. The highest BCUT2D eigenvalue weighted by Crippen LogP contribution is 2.34. The number of likely N-dealkylation sites (N-methyl/N-ethyl adjacent to an activating group) is 1. The first-order chi connectivity index (χ1) is 7.86. The summed E-state index contributed by atoms with van der Waals surface area (Å²) < 4.78 is 37.8. The van der Waals surface area contributed by atoms with E-state index in [1.165, 1.54) is 19.1 Å². The van der Waals surface area contributed by atoms with E-state index in [1.807, 2.05) is 0 Å². The smallest absolute Gasteiger partial charge is 0.325 e. The van der Waals surface area contributed by atoms with Crippen LogP contribution < -0.4 is 10.6 Å². The van der Waals surface area contributed by atoms with Crippen molar-refractivity contribution < 1.29 is 18.0 Å². The van der Waals surface area contributed by atoms with Crippen molar-refractivity contribution >= 4 is 11.6 Å². The topological polar surface area (TPSA) is 41.1 Å². The summed E-state index contributed by atoms with van der Waals surface area (Å²) >= 11 is 0. The molecule has 0 atom stereocenters. The van der Waals surface area contributed by atoms with Crippen LogP contribution >= 0.6 is 0 Å². The highest BCUT2D eigenvalue weighted by molar-refractivity contribution is 5.93. The van der Waals surface area contributed by atoms with Gasteiger partial charge in [0.05, 0.1) is 12.1 Å². The Morgan fingerprint density at radius 3 is 2.53 bits per heavy atom. The molecule has 0 fully saturated rings. The molecule has 6 heteroatoms. The lowest BCUT2D eigenvalue weighted by Gasteiger charge is -2.14. The van der Waals surface area contributed by atoms with Crippen molar-refractivity contribution in [3.63, 3.8) is 0 Å². The summed E-state index contributed by atoms with van der Waals surface area (Å²) in [7, 11) is 1.58. The Labute approximate surface area is 97.0 Å². The number of anilines is 1. The maximum Gasteiger partial charge on any atom is 0.416 e. The Kier molecular flexibility index (Phi) is 4.11. The molecule has 1 amide bonds. The van der Waals surface area contributed by atoms with Crippen LogP contribution in [0.15, 0.2) is 18.2 Å². The van der Waals surface area contributed by atoms with Gasteiger partial charge in [-0.2, -0.15) is 13.2 Å². The number of alkyl halides is 3. The van der Waals surface area contributed by atoms with E-state index in [1.54, 1.807) is 7.05 Å². The van der Waals surface area contributed by atoms with E-state index >= 15 is 0 Å². The lowest BCUT2D eigenvalue weighted by Crippen LogP contribution is -2.25. The number of carbonyl (C=O) groups excluding carboxylic acids is 1. The molecule has 0 aliphatic heterocycles. The van der Waals surface area contributed by atoms with Crippen molar-refractivity contribution in [2.45, 2.75) is 13.1 Å². The zero-order valence-electron chi connectivity index (χ0n) is 9.48. The summed E-state index contributed by atoms with van der Waals surface area (Å²) in [4.78, 5) is 11.3. The van der Waals surface area contributed by atoms with Gasteiger partial charge in [0.25, 0.3) is 0 Å². The van der Waals surface area contributed by atoms with Crippen LogP contribution in [-0.2, 0) is 11.0 Å². The van der Waals surface area contributed by atoms with Crippen LogP contribution in [0.1, 0.15) is 11.1 Å². The second kappa shape index (κ2) is 5.18. The Hall–Kier alpha value is -1.56. The molecule has 0 bridgehead atoms. The molecule has 0 unspecified atom stereocenters. The predicted molar refractivity (Wildman–Crippen MR) is 58.7 cm³/mol. The van der Waals surface area contributed by atoms with Gasteiger partial charge in [0.15, 0.2) is 0 Å². The van der Waals surface area contributed by atoms with Crippen LogP contribution in [0.3, 0.4) is 0 Å². The van der Waals surface area contributed by atoms with Crippen molar-refractivity contribution in [3.8, 4) is 0 Å². The van der Waals surface area contributed by atoms with E-state index in [0.29, 0.717) is 0 Å². The monoisotopic (exact) mass is 246 g/mol. The van der Waals surface area contributed by atoms with E-state index in [4.69, 9.17) is 0 Å². The predicted octanol–water partition coefficient (Wildman–Crippen LogP) is 2.17. The molecule has 0 heterocycles. The molecule has 0 aliphatic carbocycles. The number of amides is 1. The summed E-state index contributed by atoms with van der Waals surface area (Å²) in [6, 6.07) is 3.70. The molecular formula is C11H13F3N2O. The first-order valence-electron chi connectivity index (χ1n) is 4.97. The maximum absolute atomic E-state index is 12.6. The quantitative estimate of drug-likeness (QED) is 0.858. The highest BCUT2D eigenvalue weighted by Gasteiger charge is 2.32. The fourth-order valence-corrected chi connectivity index (χ4v) is 1.43. The molecule has 1 aromatic rings. The van der Waals surface area contributed by atoms with Gasteiger partial charge in [-0.1, -0.05) is 6.07 Å². The van der Waals surface area contributed by atoms with Crippen LogP contribution in [-0.4, -0.2) is 19.5 Å². The lowest BCUT2D eigenvalue weighted by atomic mass is 10.1. The van der Waals surface area contributed by atoms with Gasteiger partial charge in [-0.15, -0.1) is 0 Å². The minimum Gasteiger partial charge on any atom is -0.325 e. The third-order valence-electron chi connectivity index (χ3n) is 2.25. The minimum atomic E-state index is -4.41. The highest BCUT2D eigenvalue weighted by atomic mass is 19.4. The van der Waals surface area contributed by atoms with E-state index in [0.717, 1.165) is 6.07 Å². The van der Waals surface area contributed by atoms with Crippen molar-refractivity contribution in [3.05, 3.63) is 29.3 Å². The van der Waals surface area contributed by atoms with Crippen LogP contribution in [0.4, 0.5) is 18.9 Å². The molecule has 1 aromatic carbocycles. The second-order valence-corrected chi connectivity index (χ2v) is 3.55. The largest absolute Gasteiger partial charge is 0.416 e. The van der Waals surface area contributed by atoms with Gasteiger partial charge in [-0.3, -0.25) is 4.79 Å². The van der Waals surface area contributed by atoms with Crippen LogP contribution in [0.5, 0.6) is 0 Å². The van der Waals surface area contributed by atoms with E-state index in [9.17, 15) is 18.0 Å². The molecule has 0 aromatic heterocycles. The standard InChI is InChI=1S/C11H13F3N2O/c1-7-8(11(12,13)14)4-3-5-9(7)16-10(17)6-15-2/h3-5,15H,6H2,1-2H3,(H,16,17). The number of benzene rings is 1. The average Bonchev–Trinajstić information content (AvgIpc) is 2.19. The number of rotatable bonds is 3. The summed E-state index contributed by atoms with van der Waals surface area (Å²) in [6.45, 7) is 1.38. The minimum absolute atomic E-state index is 0.0180. The van der Waals surface area contributed by atoms with Gasteiger partial charge in [-0.25, -0.2) is 0 Å². The van der Waals surface area contributed by atoms with Crippen LogP contribution in [0.2, 0.25) is 0 Å². The second-order valence-electron chi connectivity index (χ2n) is 3.55. The maximum atomic E-state index is 12.6. The first-order valence-corrected chi connectivity index (χ1v) is 4.97. The van der Waals surface area contributed by atoms with E-state index < -0.39 is 11.7 Å². The fraction of sp³-hybridized carbons (Fsp3) is 0.364. The molecule has 3 nitrogen and oxygen atoms in total. The van der Waals surface area contributed by atoms with E-state index in [-0.39, 0.29) is 23.7 Å². The molecule has 0 spiro atoms. The van der Waals surface area contributed by atoms with Gasteiger partial charge >= 0.3 is 6.18 Å². The normalized spacial score (nSPS) is 11.4. The third kappa shape index (κ3) is 3.45. The van der Waals surface area contributed by atoms with Gasteiger partial charge < -0.3 is 10.6 Å². The summed E-state index contributed by atoms with van der Waals surface area (Å²) in [6.07, 6.45) is -4.41. The van der Waals surface area contributed by atoms with Gasteiger partial charge in [-0.05, 0) is 31.7 Å². The van der Waals surface area contributed by atoms with Gasteiger partial charge in [0.2, 0.25) is 5.91 Å². The SMILES string of the molecule is CNCC(=O)Nc1cccc(C(F)(F)F)c1C. The summed E-state index contributed by atoms with van der Waals surface area (Å²) in [5, 5.41) is 5.04. The van der Waals surface area contributed by atoms with Gasteiger partial charge in [0.1, 0.15) is 0 Å². The number of hydrogen-bond acceptors (Lipinski definition) is 2. The molecular weight excluding hydrogens is 233 g/mol. The molecule has 0 aliphatic rings. The molecule has 0 saturated heterocycles. The Morgan fingerprint density at radius 1 is 1.35 bits per heavy atom. The third-order valence-corrected chi connectivity index (χ3v) is 2.25. The molecule has 94 valence electrons. The Morgan fingerprint density at radius 2 is 2.00 bits per heavy atom. The van der Waals surface area contributed by atoms with Crippen LogP contribution in [0, 0.1) is 6.92 Å².